The van der Waals surface area contributed by atoms with Crippen molar-refractivity contribution in [3.8, 4) is 0 Å². The summed E-state index contributed by atoms with van der Waals surface area (Å²) in [7, 11) is 0. The molecule has 0 fully saturated rings. The zero-order valence-electron chi connectivity index (χ0n) is 5.60. The molecule has 0 saturated carbocycles. The van der Waals surface area contributed by atoms with Gasteiger partial charge in [0, 0.05) is 0 Å². The first kappa shape index (κ1) is 11.3. The van der Waals surface area contributed by atoms with Crippen LogP contribution in [0.4, 0.5) is 0 Å². The van der Waals surface area contributed by atoms with Crippen LogP contribution in [0.1, 0.15) is 28.2 Å². The first-order chi connectivity index (χ1) is 3.56. The van der Waals surface area contributed by atoms with E-state index in [0.29, 0.717) is 13.1 Å². The van der Waals surface area contributed by atoms with Gasteiger partial charge in [-0.15, -0.1) is 0 Å². The van der Waals surface area contributed by atoms with Gasteiger partial charge in [-0.3, -0.25) is 4.79 Å². The zero-order chi connectivity index (χ0) is 6.62. The molecule has 0 radical (unpaired) electrons. The van der Waals surface area contributed by atoms with E-state index in [2.05, 4.69) is 4.74 Å². The van der Waals surface area contributed by atoms with Crippen LogP contribution in [0.25, 0.3) is 0 Å². The maximum absolute atomic E-state index is 9.63. The molecule has 0 bridgehead atoms. The second-order valence-electron chi connectivity index (χ2n) is 2.97. The van der Waals surface area contributed by atoms with Crippen LogP contribution in [0.5, 0.6) is 0 Å². The van der Waals surface area contributed by atoms with Crippen LogP contribution in [-0.4, -0.2) is 13.1 Å². The highest BCUT2D eigenvalue weighted by Crippen LogP contribution is 2.11. The van der Waals surface area contributed by atoms with Crippen molar-refractivity contribution in [2.75, 3.05) is 6.61 Å². The van der Waals surface area contributed by atoms with Gasteiger partial charge in [0.2, 0.25) is 0 Å². The molecule has 0 aliphatic heterocycles. The molecule has 9 heavy (non-hydrogen) atoms. The Morgan fingerprint density at radius 1 is 1.44 bits per heavy atom. The lowest BCUT2D eigenvalue weighted by molar-refractivity contribution is -0.131. The Bertz CT molecular complexity index is 71.5. The Hall–Kier alpha value is -0.530. The van der Waals surface area contributed by atoms with Gasteiger partial charge in [0.25, 0.3) is 6.47 Å². The molecule has 0 amide bonds. The number of ether oxygens (including phenoxy) is 1. The lowest BCUT2D eigenvalue weighted by Crippen LogP contribution is -2.13. The van der Waals surface area contributed by atoms with E-state index in [1.54, 1.807) is 0 Å². The summed E-state index contributed by atoms with van der Waals surface area (Å²) in [6.45, 7) is 7.01. The molecule has 0 heterocycles. The van der Waals surface area contributed by atoms with Gasteiger partial charge in [0.15, 0.2) is 0 Å². The SMILES string of the molecule is C.CC(C)(C)COC=O. The number of hydrogen-bond donors (Lipinski definition) is 0. The largest absolute Gasteiger partial charge is 0.467 e. The molecule has 0 aliphatic carbocycles. The number of hydrogen-bond acceptors (Lipinski definition) is 2. The minimum Gasteiger partial charge on any atom is -0.467 e. The standard InChI is InChI=1S/C6H12O2.CH4/c1-6(2,3)4-8-5-7;/h5H,4H2,1-3H3;1H4. The van der Waals surface area contributed by atoms with E-state index in [1.165, 1.54) is 0 Å². The summed E-state index contributed by atoms with van der Waals surface area (Å²) in [5.74, 6) is 0. The fraction of sp³-hybridized carbons (Fsp3) is 0.857. The van der Waals surface area contributed by atoms with Crippen LogP contribution >= 0.6 is 0 Å². The van der Waals surface area contributed by atoms with Crippen molar-refractivity contribution in [3.05, 3.63) is 0 Å². The van der Waals surface area contributed by atoms with Crippen molar-refractivity contribution < 1.29 is 9.53 Å². The highest BCUT2D eigenvalue weighted by Gasteiger charge is 2.08. The third-order valence-electron chi connectivity index (χ3n) is 0.584. The van der Waals surface area contributed by atoms with E-state index in [-0.39, 0.29) is 12.8 Å². The van der Waals surface area contributed by atoms with E-state index in [1.807, 2.05) is 20.8 Å². The minimum absolute atomic E-state index is 0. The minimum atomic E-state index is 0. The quantitative estimate of drug-likeness (QED) is 0.536. The molecule has 2 heteroatoms. The summed E-state index contributed by atoms with van der Waals surface area (Å²) in [6, 6.07) is 0. The summed E-state index contributed by atoms with van der Waals surface area (Å²) in [5.41, 5.74) is 0.0981. The third-order valence-corrected chi connectivity index (χ3v) is 0.584. The van der Waals surface area contributed by atoms with Gasteiger partial charge < -0.3 is 4.74 Å². The van der Waals surface area contributed by atoms with E-state index in [9.17, 15) is 4.79 Å². The lowest BCUT2D eigenvalue weighted by atomic mass is 9.99. The van der Waals surface area contributed by atoms with Crippen LogP contribution in [0.15, 0.2) is 0 Å². The van der Waals surface area contributed by atoms with E-state index in [4.69, 9.17) is 0 Å². The number of rotatable bonds is 2. The monoisotopic (exact) mass is 132 g/mol. The molecule has 0 N–H and O–H groups in total. The van der Waals surface area contributed by atoms with E-state index >= 15 is 0 Å². The lowest BCUT2D eigenvalue weighted by Gasteiger charge is -2.14. The van der Waals surface area contributed by atoms with Crippen LogP contribution in [0.2, 0.25) is 0 Å². The topological polar surface area (TPSA) is 26.3 Å². The molecule has 0 aromatic rings. The second-order valence-corrected chi connectivity index (χ2v) is 2.97. The van der Waals surface area contributed by atoms with Gasteiger partial charge in [-0.1, -0.05) is 28.2 Å². The van der Waals surface area contributed by atoms with Crippen molar-refractivity contribution in [3.63, 3.8) is 0 Å². The molecule has 0 aromatic heterocycles. The number of carbonyl (C=O) groups is 1. The fourth-order valence-electron chi connectivity index (χ4n) is 0.284. The summed E-state index contributed by atoms with van der Waals surface area (Å²) in [4.78, 5) is 9.63. The summed E-state index contributed by atoms with van der Waals surface area (Å²) in [5, 5.41) is 0. The third kappa shape index (κ3) is 11.2. The Morgan fingerprint density at radius 3 is 2.00 bits per heavy atom. The summed E-state index contributed by atoms with van der Waals surface area (Å²) < 4.78 is 4.52. The zero-order valence-corrected chi connectivity index (χ0v) is 5.60. The predicted octanol–water partition coefficient (Wildman–Crippen LogP) is 1.84. The van der Waals surface area contributed by atoms with Crippen molar-refractivity contribution in [1.82, 2.24) is 0 Å². The molecule has 56 valence electrons. The van der Waals surface area contributed by atoms with Crippen LogP contribution in [0.3, 0.4) is 0 Å². The van der Waals surface area contributed by atoms with Crippen LogP contribution < -0.4 is 0 Å². The normalized spacial score (nSPS) is 9.67. The smallest absolute Gasteiger partial charge is 0.293 e. The van der Waals surface area contributed by atoms with Crippen molar-refractivity contribution in [1.29, 1.82) is 0 Å². The average molecular weight is 132 g/mol. The van der Waals surface area contributed by atoms with Crippen molar-refractivity contribution in [2.45, 2.75) is 28.2 Å². The van der Waals surface area contributed by atoms with Gasteiger partial charge in [0.1, 0.15) is 0 Å². The van der Waals surface area contributed by atoms with Gasteiger partial charge in [-0.05, 0) is 5.41 Å². The van der Waals surface area contributed by atoms with Gasteiger partial charge in [-0.2, -0.15) is 0 Å². The summed E-state index contributed by atoms with van der Waals surface area (Å²) in [6.07, 6.45) is 0. The molecule has 0 saturated heterocycles. The fourth-order valence-corrected chi connectivity index (χ4v) is 0.284. The molecule has 0 unspecified atom stereocenters. The Kier molecular flexibility index (Phi) is 5.47. The Labute approximate surface area is 57.2 Å². The predicted molar refractivity (Wildman–Crippen MR) is 38.2 cm³/mol. The molecular weight excluding hydrogens is 116 g/mol. The average Bonchev–Trinajstić information content (AvgIpc) is 1.59. The molecule has 0 rings (SSSR count). The summed E-state index contributed by atoms with van der Waals surface area (Å²) >= 11 is 0. The molecule has 0 spiro atoms. The highest BCUT2D eigenvalue weighted by molar-refractivity contribution is 5.36. The first-order valence-corrected chi connectivity index (χ1v) is 2.61. The maximum Gasteiger partial charge on any atom is 0.293 e. The van der Waals surface area contributed by atoms with Gasteiger partial charge >= 0.3 is 0 Å². The van der Waals surface area contributed by atoms with Crippen molar-refractivity contribution >= 4 is 6.47 Å². The number of carbonyl (C=O) groups excluding carboxylic acids is 1. The van der Waals surface area contributed by atoms with Crippen molar-refractivity contribution in [2.24, 2.45) is 5.41 Å². The molecular formula is C7H16O2. The maximum atomic E-state index is 9.63. The molecule has 0 atom stereocenters. The van der Waals surface area contributed by atoms with Crippen LogP contribution in [-0.2, 0) is 9.53 Å². The first-order valence-electron chi connectivity index (χ1n) is 2.61. The Balaban J connectivity index is 0. The highest BCUT2D eigenvalue weighted by atomic mass is 16.5. The molecule has 0 aromatic carbocycles. The van der Waals surface area contributed by atoms with Crippen LogP contribution in [0, 0.1) is 5.41 Å². The molecule has 2 nitrogen and oxygen atoms in total. The molecule has 0 aliphatic rings. The van der Waals surface area contributed by atoms with Gasteiger partial charge in [0.05, 0.1) is 6.61 Å². The Morgan fingerprint density at radius 2 is 1.89 bits per heavy atom. The van der Waals surface area contributed by atoms with Gasteiger partial charge in [-0.25, -0.2) is 0 Å². The second kappa shape index (κ2) is 4.36. The van der Waals surface area contributed by atoms with E-state index < -0.39 is 0 Å². The van der Waals surface area contributed by atoms with E-state index in [0.717, 1.165) is 0 Å².